The van der Waals surface area contributed by atoms with Crippen LogP contribution in [0.1, 0.15) is 42.5 Å². The van der Waals surface area contributed by atoms with Gasteiger partial charge in [-0.15, -0.1) is 0 Å². The standard InChI is InChI=1S/C13H15FO3/c14-11-8-9(13(15)16)6-7-12(11)17-10-4-2-1-3-5-10/h6-8,10H,1-5H2,(H,15,16). The Balaban J connectivity index is 2.08. The Labute approximate surface area is 99.2 Å². The van der Waals surface area contributed by atoms with E-state index in [0.29, 0.717) is 0 Å². The first kappa shape index (κ1) is 11.9. The lowest BCUT2D eigenvalue weighted by Gasteiger charge is -2.23. The second-order valence-electron chi connectivity index (χ2n) is 4.33. The summed E-state index contributed by atoms with van der Waals surface area (Å²) in [6.45, 7) is 0. The monoisotopic (exact) mass is 238 g/mol. The van der Waals surface area contributed by atoms with Gasteiger partial charge in [0.15, 0.2) is 11.6 Å². The van der Waals surface area contributed by atoms with Gasteiger partial charge in [-0.05, 0) is 43.9 Å². The number of benzene rings is 1. The molecule has 0 heterocycles. The molecule has 92 valence electrons. The van der Waals surface area contributed by atoms with Gasteiger partial charge < -0.3 is 9.84 Å². The Kier molecular flexibility index (Phi) is 3.61. The van der Waals surface area contributed by atoms with Crippen LogP contribution in [0.2, 0.25) is 0 Å². The maximum Gasteiger partial charge on any atom is 0.335 e. The number of carboxylic acid groups (broad SMARTS) is 1. The van der Waals surface area contributed by atoms with Crippen LogP contribution in [0, 0.1) is 5.82 Å². The molecule has 0 bridgehead atoms. The lowest BCUT2D eigenvalue weighted by Crippen LogP contribution is -2.20. The van der Waals surface area contributed by atoms with Crippen LogP contribution in [0.3, 0.4) is 0 Å². The number of carbonyl (C=O) groups is 1. The third-order valence-corrected chi connectivity index (χ3v) is 3.02. The highest BCUT2D eigenvalue weighted by molar-refractivity contribution is 5.87. The van der Waals surface area contributed by atoms with Crippen molar-refractivity contribution in [2.45, 2.75) is 38.2 Å². The first-order valence-electron chi connectivity index (χ1n) is 5.86. The molecule has 3 nitrogen and oxygen atoms in total. The molecule has 1 aromatic carbocycles. The summed E-state index contributed by atoms with van der Waals surface area (Å²) in [5.74, 6) is -1.58. The van der Waals surface area contributed by atoms with E-state index >= 15 is 0 Å². The van der Waals surface area contributed by atoms with E-state index in [1.165, 1.54) is 18.6 Å². The predicted octanol–water partition coefficient (Wildman–Crippen LogP) is 3.24. The lowest BCUT2D eigenvalue weighted by atomic mass is 9.98. The molecule has 0 saturated heterocycles. The SMILES string of the molecule is O=C(O)c1ccc(OC2CCCCC2)c(F)c1. The van der Waals surface area contributed by atoms with E-state index in [1.807, 2.05) is 0 Å². The Morgan fingerprint density at radius 2 is 2.00 bits per heavy atom. The van der Waals surface area contributed by atoms with Crippen molar-refractivity contribution in [3.8, 4) is 5.75 Å². The summed E-state index contributed by atoms with van der Waals surface area (Å²) in [6, 6.07) is 3.76. The third kappa shape index (κ3) is 2.96. The number of hydrogen-bond donors (Lipinski definition) is 1. The molecule has 0 aromatic heterocycles. The van der Waals surface area contributed by atoms with Gasteiger partial charge in [-0.2, -0.15) is 0 Å². The number of carboxylic acids is 1. The van der Waals surface area contributed by atoms with Gasteiger partial charge in [-0.1, -0.05) is 6.42 Å². The van der Waals surface area contributed by atoms with Gasteiger partial charge in [-0.25, -0.2) is 9.18 Å². The molecule has 1 N–H and O–H groups in total. The molecule has 1 saturated carbocycles. The van der Waals surface area contributed by atoms with Crippen molar-refractivity contribution in [3.63, 3.8) is 0 Å². The number of ether oxygens (including phenoxy) is 1. The van der Waals surface area contributed by atoms with Crippen LogP contribution >= 0.6 is 0 Å². The van der Waals surface area contributed by atoms with Crippen LogP contribution in [-0.4, -0.2) is 17.2 Å². The van der Waals surface area contributed by atoms with Crippen LogP contribution in [0.5, 0.6) is 5.75 Å². The predicted molar refractivity (Wildman–Crippen MR) is 60.9 cm³/mol. The van der Waals surface area contributed by atoms with Gasteiger partial charge in [0.2, 0.25) is 0 Å². The smallest absolute Gasteiger partial charge is 0.335 e. The Hall–Kier alpha value is -1.58. The highest BCUT2D eigenvalue weighted by atomic mass is 19.1. The van der Waals surface area contributed by atoms with E-state index < -0.39 is 11.8 Å². The highest BCUT2D eigenvalue weighted by Crippen LogP contribution is 2.25. The second kappa shape index (κ2) is 5.17. The summed E-state index contributed by atoms with van der Waals surface area (Å²) >= 11 is 0. The van der Waals surface area contributed by atoms with E-state index in [-0.39, 0.29) is 17.4 Å². The van der Waals surface area contributed by atoms with Gasteiger partial charge in [-0.3, -0.25) is 0 Å². The summed E-state index contributed by atoms with van der Waals surface area (Å²) in [5.41, 5.74) is -0.0569. The van der Waals surface area contributed by atoms with Gasteiger partial charge >= 0.3 is 5.97 Å². The van der Waals surface area contributed by atoms with Crippen molar-refractivity contribution in [3.05, 3.63) is 29.6 Å². The lowest BCUT2D eigenvalue weighted by molar-refractivity contribution is 0.0696. The molecule has 1 aliphatic carbocycles. The zero-order chi connectivity index (χ0) is 12.3. The molecule has 0 atom stereocenters. The maximum absolute atomic E-state index is 13.6. The number of rotatable bonds is 3. The summed E-state index contributed by atoms with van der Waals surface area (Å²) < 4.78 is 19.1. The molecule has 0 aliphatic heterocycles. The average molecular weight is 238 g/mol. The molecule has 1 fully saturated rings. The topological polar surface area (TPSA) is 46.5 Å². The van der Waals surface area contributed by atoms with Gasteiger partial charge in [0.1, 0.15) is 0 Å². The summed E-state index contributed by atoms with van der Waals surface area (Å²) in [7, 11) is 0. The number of hydrogen-bond acceptors (Lipinski definition) is 2. The Morgan fingerprint density at radius 1 is 1.29 bits per heavy atom. The average Bonchev–Trinajstić information content (AvgIpc) is 2.33. The van der Waals surface area contributed by atoms with Crippen molar-refractivity contribution in [2.75, 3.05) is 0 Å². The van der Waals surface area contributed by atoms with Crippen LogP contribution in [-0.2, 0) is 0 Å². The van der Waals surface area contributed by atoms with E-state index in [9.17, 15) is 9.18 Å². The third-order valence-electron chi connectivity index (χ3n) is 3.02. The Bertz CT molecular complexity index is 411. The van der Waals surface area contributed by atoms with Crippen LogP contribution in [0.25, 0.3) is 0 Å². The van der Waals surface area contributed by atoms with Crippen LogP contribution in [0.15, 0.2) is 18.2 Å². The van der Waals surface area contributed by atoms with E-state index in [0.717, 1.165) is 31.7 Å². The molecular formula is C13H15FO3. The molecule has 1 aromatic rings. The summed E-state index contributed by atoms with van der Waals surface area (Å²) in [5, 5.41) is 8.71. The first-order valence-corrected chi connectivity index (χ1v) is 5.86. The molecule has 0 spiro atoms. The first-order chi connectivity index (χ1) is 8.16. The maximum atomic E-state index is 13.6. The fourth-order valence-electron chi connectivity index (χ4n) is 2.09. The van der Waals surface area contributed by atoms with Crippen molar-refractivity contribution in [1.82, 2.24) is 0 Å². The molecular weight excluding hydrogens is 223 g/mol. The quantitative estimate of drug-likeness (QED) is 0.879. The minimum absolute atomic E-state index is 0.0569. The minimum atomic E-state index is -1.13. The van der Waals surface area contributed by atoms with E-state index in [4.69, 9.17) is 9.84 Å². The van der Waals surface area contributed by atoms with Crippen molar-refractivity contribution >= 4 is 5.97 Å². The van der Waals surface area contributed by atoms with Crippen molar-refractivity contribution in [2.24, 2.45) is 0 Å². The normalized spacial score (nSPS) is 16.8. The largest absolute Gasteiger partial charge is 0.487 e. The number of aromatic carboxylic acids is 1. The van der Waals surface area contributed by atoms with Crippen LogP contribution < -0.4 is 4.74 Å². The van der Waals surface area contributed by atoms with Crippen LogP contribution in [0.4, 0.5) is 4.39 Å². The molecule has 0 radical (unpaired) electrons. The molecule has 1 aliphatic rings. The van der Waals surface area contributed by atoms with Gasteiger partial charge in [0.25, 0.3) is 0 Å². The fourth-order valence-corrected chi connectivity index (χ4v) is 2.09. The van der Waals surface area contributed by atoms with Gasteiger partial charge in [0, 0.05) is 0 Å². The van der Waals surface area contributed by atoms with E-state index in [2.05, 4.69) is 0 Å². The summed E-state index contributed by atoms with van der Waals surface area (Å²) in [4.78, 5) is 10.6. The molecule has 0 unspecified atom stereocenters. The van der Waals surface area contributed by atoms with Crippen molar-refractivity contribution < 1.29 is 19.0 Å². The fraction of sp³-hybridized carbons (Fsp3) is 0.462. The van der Waals surface area contributed by atoms with E-state index in [1.54, 1.807) is 0 Å². The van der Waals surface area contributed by atoms with Gasteiger partial charge in [0.05, 0.1) is 11.7 Å². The minimum Gasteiger partial charge on any atom is -0.487 e. The molecule has 0 amide bonds. The highest BCUT2D eigenvalue weighted by Gasteiger charge is 2.17. The number of halogens is 1. The second-order valence-corrected chi connectivity index (χ2v) is 4.33. The molecule has 17 heavy (non-hydrogen) atoms. The van der Waals surface area contributed by atoms with Crippen molar-refractivity contribution in [1.29, 1.82) is 0 Å². The zero-order valence-corrected chi connectivity index (χ0v) is 9.49. The summed E-state index contributed by atoms with van der Waals surface area (Å²) in [6.07, 6.45) is 5.38. The zero-order valence-electron chi connectivity index (χ0n) is 9.49. The molecule has 4 heteroatoms. The molecule has 2 rings (SSSR count). The Morgan fingerprint density at radius 3 is 2.59 bits per heavy atom.